The van der Waals surface area contributed by atoms with E-state index in [1.54, 1.807) is 6.07 Å². The molecule has 12 heteroatoms. The van der Waals surface area contributed by atoms with Gasteiger partial charge in [0.1, 0.15) is 39.2 Å². The van der Waals surface area contributed by atoms with Crippen LogP contribution in [0.1, 0.15) is 0 Å². The van der Waals surface area contributed by atoms with Crippen LogP contribution >= 0.6 is 77.2 Å². The lowest BCUT2D eigenvalue weighted by molar-refractivity contribution is 0.454. The van der Waals surface area contributed by atoms with Crippen LogP contribution in [-0.4, -0.2) is 12.7 Å². The van der Waals surface area contributed by atoms with Crippen molar-refractivity contribution in [1.82, 2.24) is 0 Å². The number of rotatable bonds is 7. The van der Waals surface area contributed by atoms with E-state index in [1.807, 2.05) is 81.7 Å². The van der Waals surface area contributed by atoms with Crippen molar-refractivity contribution >= 4 is 231 Å². The molecule has 481 valence electrons. The van der Waals surface area contributed by atoms with Gasteiger partial charge in [-0.05, 0) is 207 Å². The third kappa shape index (κ3) is 10.6. The maximum atomic E-state index is 8.78. The van der Waals surface area contributed by atoms with Crippen molar-refractivity contribution in [3.8, 4) is 61.4 Å². The molecule has 0 atom stereocenters. The summed E-state index contributed by atoms with van der Waals surface area (Å²) in [6.45, 7) is 0. The summed E-state index contributed by atoms with van der Waals surface area (Å²) in [4.78, 5) is 0. The molecule has 15 aromatic carbocycles. The Hall–Kier alpha value is -10.6. The number of hydrogen-bond acceptors (Lipinski definition) is 9. The van der Waals surface area contributed by atoms with E-state index in [9.17, 15) is 0 Å². The van der Waals surface area contributed by atoms with Crippen molar-refractivity contribution in [3.05, 3.63) is 306 Å². The fourth-order valence-corrected chi connectivity index (χ4v) is 20.3. The molecule has 0 spiro atoms. The van der Waals surface area contributed by atoms with E-state index in [0.29, 0.717) is 13.4 Å². The van der Waals surface area contributed by atoms with Crippen LogP contribution in [-0.2, 0) is 0 Å². The molecule has 22 rings (SSSR count). The molecule has 5 nitrogen and oxygen atoms in total. The van der Waals surface area contributed by atoms with E-state index >= 15 is 0 Å². The van der Waals surface area contributed by atoms with Crippen LogP contribution in [0, 0.1) is 0 Å². The molecule has 0 saturated carbocycles. The molecule has 7 heterocycles. The van der Waals surface area contributed by atoms with Crippen LogP contribution in [0.25, 0.3) is 202 Å². The largest absolute Gasteiger partial charge is 0.569 e. The quantitative estimate of drug-likeness (QED) is 0.161. The Morgan fingerprint density at radius 3 is 0.941 bits per heavy atom. The lowest BCUT2D eigenvalue weighted by Crippen LogP contribution is -1.98. The van der Waals surface area contributed by atoms with Crippen LogP contribution in [0.2, 0.25) is 0 Å². The van der Waals surface area contributed by atoms with Crippen molar-refractivity contribution < 1.29 is 22.9 Å². The zero-order chi connectivity index (χ0) is 67.7. The van der Waals surface area contributed by atoms with E-state index in [1.165, 1.54) is 125 Å². The first kappa shape index (κ1) is 61.3. The average molecular weight is 1510 g/mol. The van der Waals surface area contributed by atoms with Crippen molar-refractivity contribution in [2.24, 2.45) is 0 Å². The van der Waals surface area contributed by atoms with Crippen molar-refractivity contribution in [1.29, 1.82) is 0 Å². The van der Waals surface area contributed by atoms with Crippen LogP contribution in [0.4, 0.5) is 0 Å². The second-order valence-electron chi connectivity index (χ2n) is 25.6. The molecular weight excluding hydrogens is 1460 g/mol. The van der Waals surface area contributed by atoms with Gasteiger partial charge < -0.3 is 22.9 Å². The third-order valence-corrected chi connectivity index (χ3v) is 25.3. The van der Waals surface area contributed by atoms with Gasteiger partial charge in [-0.25, -0.2) is 0 Å². The first-order valence-electron chi connectivity index (χ1n) is 33.4. The molecule has 22 aromatic rings. The predicted octanol–water partition coefficient (Wildman–Crippen LogP) is 29.0. The molecular formula is C90H50BBr2O5S4. The van der Waals surface area contributed by atoms with E-state index in [4.69, 9.17) is 22.9 Å². The number of thiophene rings is 4. The second-order valence-corrected chi connectivity index (χ2v) is 31.7. The van der Waals surface area contributed by atoms with Crippen LogP contribution < -0.4 is 4.65 Å². The lowest BCUT2D eigenvalue weighted by atomic mass is 9.98. The summed E-state index contributed by atoms with van der Waals surface area (Å²) in [7, 11) is 0.679. The Kier molecular flexibility index (Phi) is 14.9. The monoisotopic (exact) mass is 1510 g/mol. The molecule has 102 heavy (non-hydrogen) atoms. The average Bonchev–Trinajstić information content (AvgIpc) is 1.58. The highest BCUT2D eigenvalue weighted by Gasteiger charge is 2.20. The Morgan fingerprint density at radius 2 is 0.539 bits per heavy atom. The van der Waals surface area contributed by atoms with Gasteiger partial charge in [0.05, 0.1) is 0 Å². The van der Waals surface area contributed by atoms with Gasteiger partial charge in [-0.1, -0.05) is 177 Å². The summed E-state index contributed by atoms with van der Waals surface area (Å²) < 4.78 is 36.5. The Morgan fingerprint density at radius 1 is 0.245 bits per heavy atom. The Bertz CT molecular complexity index is 7130. The van der Waals surface area contributed by atoms with Gasteiger partial charge in [0.25, 0.3) is 0 Å². The van der Waals surface area contributed by atoms with E-state index in [2.05, 4.69) is 287 Å². The summed E-state index contributed by atoms with van der Waals surface area (Å²) in [6, 6.07) is 105. The van der Waals surface area contributed by atoms with Gasteiger partial charge >= 0.3 is 7.69 Å². The summed E-state index contributed by atoms with van der Waals surface area (Å²) in [6.07, 6.45) is 0. The molecule has 0 aliphatic rings. The minimum Gasteiger partial charge on any atom is -0.537 e. The van der Waals surface area contributed by atoms with Gasteiger partial charge in [-0.2, -0.15) is 0 Å². The summed E-state index contributed by atoms with van der Waals surface area (Å²) in [5, 5.41) is 26.0. The first-order valence-corrected chi connectivity index (χ1v) is 38.2. The second kappa shape index (κ2) is 24.9. The summed E-state index contributed by atoms with van der Waals surface area (Å²) >= 11 is 14.8. The molecule has 0 saturated heterocycles. The number of furan rings is 3. The van der Waals surface area contributed by atoms with Crippen LogP contribution in [0.5, 0.6) is 5.75 Å². The highest BCUT2D eigenvalue weighted by molar-refractivity contribution is 9.10. The fourth-order valence-electron chi connectivity index (χ4n) is 14.7. The molecule has 0 bridgehead atoms. The van der Waals surface area contributed by atoms with E-state index < -0.39 is 0 Å². The minimum atomic E-state index is 0.572. The topological polar surface area (TPSA) is 68.9 Å². The third-order valence-electron chi connectivity index (χ3n) is 19.6. The molecule has 0 fully saturated rings. The number of benzene rings is 15. The van der Waals surface area contributed by atoms with E-state index in [-0.39, 0.29) is 0 Å². The smallest absolute Gasteiger partial charge is 0.537 e. The van der Waals surface area contributed by atoms with Gasteiger partial charge in [0.15, 0.2) is 0 Å². The van der Waals surface area contributed by atoms with Gasteiger partial charge in [0.2, 0.25) is 0 Å². The van der Waals surface area contributed by atoms with Gasteiger partial charge in [-0.3, -0.25) is 0 Å². The molecule has 7 aromatic heterocycles. The Balaban J connectivity index is 0.000000128. The summed E-state index contributed by atoms with van der Waals surface area (Å²) in [5.74, 6) is 0.572. The number of halogens is 2. The molecule has 1 radical (unpaired) electrons. The summed E-state index contributed by atoms with van der Waals surface area (Å²) in [5.41, 5.74) is 17.2. The zero-order valence-electron chi connectivity index (χ0n) is 53.8. The van der Waals surface area contributed by atoms with Crippen LogP contribution in [0.3, 0.4) is 0 Å². The fraction of sp³-hybridized carbons (Fsp3) is 0. The maximum absolute atomic E-state index is 8.78. The van der Waals surface area contributed by atoms with E-state index in [0.717, 1.165) is 85.9 Å². The lowest BCUT2D eigenvalue weighted by Gasteiger charge is -2.04. The molecule has 0 aliphatic heterocycles. The molecule has 0 aliphatic carbocycles. The van der Waals surface area contributed by atoms with Gasteiger partial charge in [-0.15, -0.1) is 45.3 Å². The Labute approximate surface area is 616 Å². The standard InChI is InChI=1S/C54H30O2S2.C18H12BO3.C18H8Br2S2/c1-3-7-31(8-4-1)33-11-18-46-40(25-33)42-27-35(13-20-48(42)55-46)37-15-22-50-44(29-37)39-17-24-52-53(54(39)58-50)45-30-38(16-23-51(45)57-52)36-14-21-49-43(28-36)41-26-34(12-19-47(41)56-49)32-9-5-2-6-10-32;20-19-22-14-7-9-18-16(11-14)15-10-13(6-8-17(15)21-18)12-4-2-1-3-5-12;19-9-1-4-14-12(7-9)11-3-6-16-17(18(11)22-14)13-8-10(20)2-5-15(13)21-16/h1-30H;1-11,20H;1-8H. The van der Waals surface area contributed by atoms with Crippen LogP contribution in [0.15, 0.2) is 319 Å². The first-order chi connectivity index (χ1) is 50.2. The highest BCUT2D eigenvalue weighted by atomic mass is 79.9. The zero-order valence-corrected chi connectivity index (χ0v) is 60.3. The number of hydrogen-bond donors (Lipinski definition) is 1. The molecule has 0 amide bonds. The predicted molar refractivity (Wildman–Crippen MR) is 444 cm³/mol. The SMILES string of the molecule is Brc1ccc2sc3c(ccc4sc5ccc(Br)cc5c43)c2c1.O[B]Oc1ccc2oc3ccc(-c4ccccc4)cc3c2c1.c1ccc(-c2ccc3oc4ccc(-c5ccc6sc7c(ccc8sc9ccc(-c%10ccc%11oc%12ccc(-c%13ccccc%13)cc%12c%11c%10)cc9c87)c6c5)cc4c3c2)cc1. The van der Waals surface area contributed by atoms with Crippen molar-refractivity contribution in [3.63, 3.8) is 0 Å². The normalized spacial score (nSPS) is 11.9. The van der Waals surface area contributed by atoms with Crippen molar-refractivity contribution in [2.45, 2.75) is 0 Å². The molecule has 1 N–H and O–H groups in total. The number of fused-ring (bicyclic) bond motifs is 23. The minimum absolute atomic E-state index is 0.572. The molecule has 0 unspecified atom stereocenters. The highest BCUT2D eigenvalue weighted by Crippen LogP contribution is 2.49. The maximum Gasteiger partial charge on any atom is 0.569 e. The van der Waals surface area contributed by atoms with Gasteiger partial charge in [0, 0.05) is 122 Å². The van der Waals surface area contributed by atoms with Crippen molar-refractivity contribution in [2.75, 3.05) is 0 Å².